The Hall–Kier alpha value is -2.30. The number of carbonyl (C=O) groups excluding carboxylic acids is 4. The zero-order chi connectivity index (χ0) is 23.1. The minimum Gasteiger partial charge on any atom is -0.481 e. The molecule has 2 aliphatic heterocycles. The highest BCUT2D eigenvalue weighted by Crippen LogP contribution is 2.26. The molecule has 2 heterocycles. The average molecular weight is 469 g/mol. The van der Waals surface area contributed by atoms with Crippen LogP contribution < -0.4 is 10.6 Å². The molecule has 32 heavy (non-hydrogen) atoms. The molecule has 2 atom stereocenters. The molecule has 2 saturated heterocycles. The van der Waals surface area contributed by atoms with Crippen molar-refractivity contribution in [2.45, 2.75) is 57.0 Å². The number of hydrogen-bond acceptors (Lipinski definition) is 6. The Labute approximate surface area is 191 Å². The molecule has 0 unspecified atom stereocenters. The number of hydrogen-bond donors (Lipinski definition) is 3. The van der Waals surface area contributed by atoms with Gasteiger partial charge in [0.15, 0.2) is 0 Å². The van der Waals surface area contributed by atoms with Crippen molar-refractivity contribution in [3.63, 3.8) is 0 Å². The lowest BCUT2D eigenvalue weighted by Gasteiger charge is -2.42. The van der Waals surface area contributed by atoms with Gasteiger partial charge < -0.3 is 25.5 Å². The molecule has 3 N–H and O–H groups in total. The number of nitrogens with one attached hydrogen (secondary N) is 2. The van der Waals surface area contributed by atoms with E-state index in [2.05, 4.69) is 10.6 Å². The fraction of sp³-hybridized carbons (Fsp3) is 0.762. The molecule has 3 aliphatic rings. The highest BCUT2D eigenvalue weighted by atomic mass is 32.2. The molecule has 0 bridgehead atoms. The molecule has 3 rings (SSSR count). The van der Waals surface area contributed by atoms with Crippen LogP contribution in [0.3, 0.4) is 0 Å². The van der Waals surface area contributed by atoms with Crippen molar-refractivity contribution in [3.8, 4) is 0 Å². The van der Waals surface area contributed by atoms with E-state index in [0.29, 0.717) is 19.5 Å². The number of carbonyl (C=O) groups is 5. The van der Waals surface area contributed by atoms with E-state index < -0.39 is 24.0 Å². The second kappa shape index (κ2) is 11.5. The Morgan fingerprint density at radius 1 is 1.03 bits per heavy atom. The number of amides is 4. The molecule has 4 amide bonds. The second-order valence-corrected chi connectivity index (χ2v) is 9.59. The molecule has 11 heteroatoms. The van der Waals surface area contributed by atoms with Gasteiger partial charge in [-0.2, -0.15) is 0 Å². The first-order valence-corrected chi connectivity index (χ1v) is 12.5. The van der Waals surface area contributed by atoms with Gasteiger partial charge in [-0.3, -0.25) is 24.0 Å². The van der Waals surface area contributed by atoms with E-state index in [1.807, 2.05) is 0 Å². The highest BCUT2D eigenvalue weighted by molar-refractivity contribution is 8.00. The molecule has 0 spiro atoms. The number of carboxylic acids is 1. The van der Waals surface area contributed by atoms with Gasteiger partial charge in [0.05, 0.1) is 18.1 Å². The lowest BCUT2D eigenvalue weighted by Crippen LogP contribution is -2.64. The van der Waals surface area contributed by atoms with Gasteiger partial charge in [-0.15, -0.1) is 11.8 Å². The van der Waals surface area contributed by atoms with Crippen molar-refractivity contribution in [2.24, 2.45) is 5.92 Å². The maximum Gasteiger partial charge on any atom is 0.313 e. The van der Waals surface area contributed by atoms with Crippen molar-refractivity contribution < 1.29 is 29.1 Å². The Kier molecular flexibility index (Phi) is 8.77. The molecule has 1 aliphatic carbocycles. The summed E-state index contributed by atoms with van der Waals surface area (Å²) in [4.78, 5) is 64.9. The van der Waals surface area contributed by atoms with E-state index >= 15 is 0 Å². The minimum absolute atomic E-state index is 0.0326. The number of rotatable bonds is 7. The highest BCUT2D eigenvalue weighted by Gasteiger charge is 2.39. The predicted molar refractivity (Wildman–Crippen MR) is 118 cm³/mol. The number of carboxylic acid groups (broad SMARTS) is 1. The maximum atomic E-state index is 13.1. The quantitative estimate of drug-likeness (QED) is 0.471. The number of piperidine rings is 1. The Morgan fingerprint density at radius 3 is 2.47 bits per heavy atom. The number of nitrogens with zero attached hydrogens (tertiary/aromatic N) is 2. The molecule has 10 nitrogen and oxygen atoms in total. The minimum atomic E-state index is -1.01. The summed E-state index contributed by atoms with van der Waals surface area (Å²) in [6.45, 7) is 1.22. The average Bonchev–Trinajstić information content (AvgIpc) is 2.80. The van der Waals surface area contributed by atoms with E-state index in [0.717, 1.165) is 50.3 Å². The third-order valence-electron chi connectivity index (χ3n) is 6.32. The van der Waals surface area contributed by atoms with Crippen molar-refractivity contribution >= 4 is 41.4 Å². The van der Waals surface area contributed by atoms with E-state index in [9.17, 15) is 24.0 Å². The Bertz CT molecular complexity index is 742. The maximum absolute atomic E-state index is 13.1. The molecule has 1 saturated carbocycles. The van der Waals surface area contributed by atoms with Crippen LogP contribution in [0.15, 0.2) is 0 Å². The van der Waals surface area contributed by atoms with E-state index in [1.54, 1.807) is 4.90 Å². The van der Waals surface area contributed by atoms with E-state index in [-0.39, 0.29) is 48.2 Å². The van der Waals surface area contributed by atoms with Crippen LogP contribution in [0.1, 0.15) is 44.9 Å². The summed E-state index contributed by atoms with van der Waals surface area (Å²) in [5.74, 6) is -2.32. The van der Waals surface area contributed by atoms with Gasteiger partial charge in [-0.05, 0) is 25.7 Å². The smallest absolute Gasteiger partial charge is 0.313 e. The molecule has 178 valence electrons. The number of thioether (sulfide) groups is 1. The van der Waals surface area contributed by atoms with Crippen molar-refractivity contribution in [3.05, 3.63) is 0 Å². The molecule has 0 aromatic heterocycles. The number of piperazine rings is 1. The van der Waals surface area contributed by atoms with Crippen LogP contribution in [0.4, 0.5) is 0 Å². The molecule has 0 radical (unpaired) electrons. The Balaban J connectivity index is 1.68. The third-order valence-corrected chi connectivity index (χ3v) is 7.22. The summed E-state index contributed by atoms with van der Waals surface area (Å²) in [5, 5.41) is 14.3. The summed E-state index contributed by atoms with van der Waals surface area (Å²) >= 11 is 0.976. The van der Waals surface area contributed by atoms with E-state index in [1.165, 1.54) is 4.90 Å². The lowest BCUT2D eigenvalue weighted by atomic mass is 9.88. The van der Waals surface area contributed by atoms with Crippen molar-refractivity contribution in [1.82, 2.24) is 20.4 Å². The van der Waals surface area contributed by atoms with Crippen LogP contribution in [0, 0.1) is 5.92 Å². The largest absolute Gasteiger partial charge is 0.481 e. The topological polar surface area (TPSA) is 136 Å². The van der Waals surface area contributed by atoms with Crippen LogP contribution in [-0.2, 0) is 24.0 Å². The summed E-state index contributed by atoms with van der Waals surface area (Å²) in [5.41, 5.74) is 0. The van der Waals surface area contributed by atoms with Gasteiger partial charge in [0.2, 0.25) is 23.6 Å². The standard InChI is InChI=1S/C21H32N4O6S/c26-17(12-32-13-18(27)28)25-10-9-24(21(31)14-5-2-1-3-6-14)11-16(25)20(30)23-15-7-4-8-22-19(15)29/h14-16H,1-13H2,(H,22,29)(H,23,30)(H,27,28)/t15-,16+/m0/s1. The first kappa shape index (κ1) is 24.3. The van der Waals surface area contributed by atoms with Gasteiger partial charge in [0.1, 0.15) is 12.1 Å². The summed E-state index contributed by atoms with van der Waals surface area (Å²) in [7, 11) is 0. The SMILES string of the molecule is O=C(O)CSCC(=O)N1CCN(C(=O)C2CCCCC2)C[C@@H]1C(=O)N[C@H]1CCCNC1=O. The molecule has 0 aromatic rings. The first-order valence-electron chi connectivity index (χ1n) is 11.3. The summed E-state index contributed by atoms with van der Waals surface area (Å²) in [6, 6.07) is -1.55. The van der Waals surface area contributed by atoms with Gasteiger partial charge in [-0.1, -0.05) is 19.3 Å². The van der Waals surface area contributed by atoms with Crippen molar-refractivity contribution in [1.29, 1.82) is 0 Å². The zero-order valence-corrected chi connectivity index (χ0v) is 19.0. The normalized spacial score (nSPS) is 24.6. The molecule has 0 aromatic carbocycles. The predicted octanol–water partition coefficient (Wildman–Crippen LogP) is -0.181. The first-order chi connectivity index (χ1) is 15.4. The zero-order valence-electron chi connectivity index (χ0n) is 18.2. The Morgan fingerprint density at radius 2 is 1.78 bits per heavy atom. The van der Waals surface area contributed by atoms with Crippen LogP contribution >= 0.6 is 11.8 Å². The lowest BCUT2D eigenvalue weighted by molar-refractivity contribution is -0.150. The summed E-state index contributed by atoms with van der Waals surface area (Å²) in [6.07, 6.45) is 6.16. The number of aliphatic carboxylic acids is 1. The second-order valence-electron chi connectivity index (χ2n) is 8.60. The van der Waals surface area contributed by atoms with Crippen LogP contribution in [0.5, 0.6) is 0 Å². The van der Waals surface area contributed by atoms with Crippen LogP contribution in [0.2, 0.25) is 0 Å². The van der Waals surface area contributed by atoms with Crippen molar-refractivity contribution in [2.75, 3.05) is 37.7 Å². The van der Waals surface area contributed by atoms with Gasteiger partial charge in [0, 0.05) is 25.6 Å². The fourth-order valence-electron chi connectivity index (χ4n) is 4.60. The molecule has 3 fully saturated rings. The van der Waals surface area contributed by atoms with Gasteiger partial charge in [0.25, 0.3) is 0 Å². The fourth-order valence-corrected chi connectivity index (χ4v) is 5.22. The molecular weight excluding hydrogens is 436 g/mol. The summed E-state index contributed by atoms with van der Waals surface area (Å²) < 4.78 is 0. The van der Waals surface area contributed by atoms with E-state index in [4.69, 9.17) is 5.11 Å². The van der Waals surface area contributed by atoms with Gasteiger partial charge >= 0.3 is 5.97 Å². The third kappa shape index (κ3) is 6.36. The monoisotopic (exact) mass is 468 g/mol. The van der Waals surface area contributed by atoms with Gasteiger partial charge in [-0.25, -0.2) is 0 Å². The molecular formula is C21H32N4O6S. The van der Waals surface area contributed by atoms with Crippen LogP contribution in [0.25, 0.3) is 0 Å². The van der Waals surface area contributed by atoms with Crippen LogP contribution in [-0.4, -0.2) is 94.3 Å².